The number of rotatable bonds is 2. The topological polar surface area (TPSA) is 46.0 Å². The van der Waals surface area contributed by atoms with Gasteiger partial charge in [0.15, 0.2) is 12.7 Å². The van der Waals surface area contributed by atoms with E-state index in [1.54, 1.807) is 0 Å². The van der Waals surface area contributed by atoms with Crippen LogP contribution in [0.3, 0.4) is 0 Å². The summed E-state index contributed by atoms with van der Waals surface area (Å²) in [4.78, 5) is 14.7. The Labute approximate surface area is 134 Å². The highest BCUT2D eigenvalue weighted by atomic mass is 16.5. The molecule has 4 heteroatoms. The number of aromatic nitrogens is 2. The van der Waals surface area contributed by atoms with E-state index >= 15 is 0 Å². The summed E-state index contributed by atoms with van der Waals surface area (Å²) >= 11 is 0. The van der Waals surface area contributed by atoms with Crippen LogP contribution in [0.15, 0.2) is 42.6 Å². The average molecular weight is 307 g/mol. The van der Waals surface area contributed by atoms with E-state index in [0.29, 0.717) is 0 Å². The van der Waals surface area contributed by atoms with E-state index in [-0.39, 0.29) is 12.1 Å². The van der Waals surface area contributed by atoms with Crippen molar-refractivity contribution in [1.29, 1.82) is 0 Å². The van der Waals surface area contributed by atoms with Crippen LogP contribution in [0.4, 0.5) is 0 Å². The van der Waals surface area contributed by atoms with Crippen molar-refractivity contribution in [3.05, 3.63) is 53.7 Å². The number of ether oxygens (including phenoxy) is 1. The lowest BCUT2D eigenvalue weighted by Gasteiger charge is -2.15. The zero-order valence-electron chi connectivity index (χ0n) is 13.3. The summed E-state index contributed by atoms with van der Waals surface area (Å²) in [5.41, 5.74) is 5.97. The summed E-state index contributed by atoms with van der Waals surface area (Å²) in [6, 6.07) is 12.6. The van der Waals surface area contributed by atoms with Gasteiger partial charge in [-0.1, -0.05) is 18.2 Å². The molecule has 3 heterocycles. The fraction of sp³-hybridized carbons (Fsp3) is 0.263. The second-order valence-corrected chi connectivity index (χ2v) is 6.07. The molecule has 0 saturated carbocycles. The molecule has 1 aliphatic rings. The molecule has 1 N–H and O–H groups in total. The van der Waals surface area contributed by atoms with Crippen LogP contribution >= 0.6 is 0 Å². The molecule has 1 unspecified atom stereocenters. The predicted molar refractivity (Wildman–Crippen MR) is 87.8 cm³/mol. The molecule has 1 aromatic carbocycles. The van der Waals surface area contributed by atoms with Crippen LogP contribution < -0.4 is 4.57 Å². The van der Waals surface area contributed by atoms with Crippen LogP contribution in [0.1, 0.15) is 31.1 Å². The first kappa shape index (κ1) is 14.0. The number of nitrogens with zero attached hydrogens (tertiary/aromatic N) is 1. The zero-order chi connectivity index (χ0) is 16.0. The van der Waals surface area contributed by atoms with Gasteiger partial charge in [-0.15, -0.1) is 0 Å². The van der Waals surface area contributed by atoms with Gasteiger partial charge in [-0.2, -0.15) is 4.57 Å². The van der Waals surface area contributed by atoms with Gasteiger partial charge in [-0.05, 0) is 24.6 Å². The van der Waals surface area contributed by atoms with E-state index in [1.807, 2.05) is 13.0 Å². The highest BCUT2D eigenvalue weighted by Crippen LogP contribution is 2.32. The third-order valence-corrected chi connectivity index (χ3v) is 4.53. The van der Waals surface area contributed by atoms with Crippen molar-refractivity contribution in [1.82, 2.24) is 4.98 Å². The molecular weight excluding hydrogens is 288 g/mol. The molecule has 0 aliphatic carbocycles. The number of hydrogen-bond acceptors (Lipinski definition) is 2. The summed E-state index contributed by atoms with van der Waals surface area (Å²) in [5.74, 6) is -0.252. The Morgan fingerprint density at radius 1 is 1.26 bits per heavy atom. The molecule has 0 spiro atoms. The molecule has 4 nitrogen and oxygen atoms in total. The number of fused-ring (bicyclic) bond motifs is 5. The SMILES string of the molecule is CC(=O)OC(C)c1ccc2[n+](c1)CCc1c-2[nH]c2ccccc12. The Morgan fingerprint density at radius 3 is 2.91 bits per heavy atom. The fourth-order valence-corrected chi connectivity index (χ4v) is 3.44. The van der Waals surface area contributed by atoms with Crippen molar-refractivity contribution in [3.63, 3.8) is 0 Å². The van der Waals surface area contributed by atoms with Gasteiger partial charge in [-0.25, -0.2) is 0 Å². The summed E-state index contributed by atoms with van der Waals surface area (Å²) in [6.45, 7) is 4.28. The van der Waals surface area contributed by atoms with Crippen molar-refractivity contribution in [2.75, 3.05) is 0 Å². The van der Waals surface area contributed by atoms with Crippen LogP contribution in [0.5, 0.6) is 0 Å². The molecule has 4 rings (SSSR count). The van der Waals surface area contributed by atoms with E-state index in [4.69, 9.17) is 4.74 Å². The largest absolute Gasteiger partial charge is 0.458 e. The zero-order valence-corrected chi connectivity index (χ0v) is 13.3. The van der Waals surface area contributed by atoms with Crippen LogP contribution in [0.25, 0.3) is 22.3 Å². The Hall–Kier alpha value is -2.62. The van der Waals surface area contributed by atoms with Crippen molar-refractivity contribution in [2.45, 2.75) is 32.9 Å². The monoisotopic (exact) mass is 307 g/mol. The van der Waals surface area contributed by atoms with E-state index in [9.17, 15) is 4.79 Å². The van der Waals surface area contributed by atoms with E-state index in [2.05, 4.69) is 46.1 Å². The summed E-state index contributed by atoms with van der Waals surface area (Å²) in [5, 5.41) is 1.31. The predicted octanol–water partition coefficient (Wildman–Crippen LogP) is 3.30. The molecule has 0 fully saturated rings. The standard InChI is InChI=1S/C19H18N2O2/c1-12(23-13(2)22)14-7-8-18-19-16(9-10-21(18)11-14)15-5-3-4-6-17(15)20-19/h3-8,11-12H,9-10H2,1-2H3/p+1. The lowest BCUT2D eigenvalue weighted by Crippen LogP contribution is -2.40. The molecule has 0 amide bonds. The van der Waals surface area contributed by atoms with Crippen LogP contribution in [0.2, 0.25) is 0 Å². The van der Waals surface area contributed by atoms with Gasteiger partial charge in [-0.3, -0.25) is 4.79 Å². The Balaban J connectivity index is 1.79. The minimum atomic E-state index is -0.252. The Kier molecular flexibility index (Phi) is 3.18. The highest BCUT2D eigenvalue weighted by Gasteiger charge is 2.27. The molecule has 0 radical (unpaired) electrons. The van der Waals surface area contributed by atoms with Crippen molar-refractivity contribution in [2.24, 2.45) is 0 Å². The number of hydrogen-bond donors (Lipinski definition) is 1. The third-order valence-electron chi connectivity index (χ3n) is 4.53. The number of carbonyl (C=O) groups is 1. The molecule has 1 atom stereocenters. The van der Waals surface area contributed by atoms with Gasteiger partial charge in [0, 0.05) is 30.3 Å². The van der Waals surface area contributed by atoms with Crippen molar-refractivity contribution < 1.29 is 14.1 Å². The van der Waals surface area contributed by atoms with E-state index in [0.717, 1.165) is 18.5 Å². The fourth-order valence-electron chi connectivity index (χ4n) is 3.44. The Bertz CT molecular complexity index is 911. The van der Waals surface area contributed by atoms with Gasteiger partial charge in [0.05, 0.1) is 5.56 Å². The maximum atomic E-state index is 11.1. The Morgan fingerprint density at radius 2 is 2.09 bits per heavy atom. The first-order valence-electron chi connectivity index (χ1n) is 7.94. The number of H-pyrrole nitrogens is 1. The van der Waals surface area contributed by atoms with E-state index < -0.39 is 0 Å². The molecule has 0 saturated heterocycles. The molecule has 0 bridgehead atoms. The minimum Gasteiger partial charge on any atom is -0.458 e. The van der Waals surface area contributed by atoms with E-state index in [1.165, 1.54) is 34.8 Å². The maximum Gasteiger partial charge on any atom is 0.303 e. The minimum absolute atomic E-state index is 0.227. The lowest BCUT2D eigenvalue weighted by atomic mass is 10.0. The molecule has 3 aromatic rings. The summed E-state index contributed by atoms with van der Waals surface area (Å²) in [6.07, 6.45) is 2.87. The lowest BCUT2D eigenvalue weighted by molar-refractivity contribution is -0.688. The molecule has 2 aromatic heterocycles. The van der Waals surface area contributed by atoms with Crippen molar-refractivity contribution >= 4 is 16.9 Å². The number of esters is 1. The van der Waals surface area contributed by atoms with Gasteiger partial charge in [0.2, 0.25) is 5.69 Å². The second-order valence-electron chi connectivity index (χ2n) is 6.07. The van der Waals surface area contributed by atoms with Crippen LogP contribution in [-0.4, -0.2) is 11.0 Å². The molecular formula is C19H19N2O2+. The summed E-state index contributed by atoms with van der Waals surface area (Å²) < 4.78 is 7.53. The number of para-hydroxylation sites is 1. The summed E-state index contributed by atoms with van der Waals surface area (Å²) in [7, 11) is 0. The number of nitrogens with one attached hydrogen (secondary N) is 1. The van der Waals surface area contributed by atoms with Crippen LogP contribution in [-0.2, 0) is 22.5 Å². The number of carbonyl (C=O) groups excluding carboxylic acids is 1. The molecule has 1 aliphatic heterocycles. The average Bonchev–Trinajstić information content (AvgIpc) is 2.92. The van der Waals surface area contributed by atoms with Crippen molar-refractivity contribution in [3.8, 4) is 11.4 Å². The second kappa shape index (κ2) is 5.23. The van der Waals surface area contributed by atoms with Crippen LogP contribution in [0, 0.1) is 0 Å². The quantitative estimate of drug-likeness (QED) is 0.583. The number of pyridine rings is 1. The highest BCUT2D eigenvalue weighted by molar-refractivity contribution is 5.90. The van der Waals surface area contributed by atoms with Gasteiger partial charge < -0.3 is 9.72 Å². The molecule has 23 heavy (non-hydrogen) atoms. The van der Waals surface area contributed by atoms with Gasteiger partial charge in [0.25, 0.3) is 0 Å². The van der Waals surface area contributed by atoms with Gasteiger partial charge >= 0.3 is 5.97 Å². The first-order chi connectivity index (χ1) is 11.1. The number of benzene rings is 1. The molecule has 116 valence electrons. The normalized spacial score (nSPS) is 14.2. The third kappa shape index (κ3) is 2.31. The first-order valence-corrected chi connectivity index (χ1v) is 7.94. The smallest absolute Gasteiger partial charge is 0.303 e. The maximum absolute atomic E-state index is 11.1. The number of aromatic amines is 1. The van der Waals surface area contributed by atoms with Gasteiger partial charge in [0.1, 0.15) is 11.8 Å². The number of aryl methyl sites for hydroxylation is 2.